The first-order valence-corrected chi connectivity index (χ1v) is 6.67. The Morgan fingerprint density at radius 1 is 1.30 bits per heavy atom. The summed E-state index contributed by atoms with van der Waals surface area (Å²) in [6.07, 6.45) is 0. The number of anilines is 1. The minimum atomic E-state index is -2.94. The standard InChI is InChI=1S/C14H19F2N3O3.ClH/c1-8(2)12(17)13(21)18-7-11(20)19-9-4-3-5-10(6-9)22-14(15)16;/h3-6,8,12,14H,7,17H2,1-2H3,(H,18,21)(H,19,20);1H/t12-;/m0./s1. The fraction of sp³-hybridized carbons (Fsp3) is 0.429. The van der Waals surface area contributed by atoms with Gasteiger partial charge in [-0.1, -0.05) is 19.9 Å². The molecule has 130 valence electrons. The molecule has 0 saturated heterocycles. The normalized spacial score (nSPS) is 11.6. The summed E-state index contributed by atoms with van der Waals surface area (Å²) in [6.45, 7) is 0.374. The SMILES string of the molecule is CC(C)[C@H](N)C(=O)NCC(=O)Nc1cccc(OC(F)F)c1.Cl. The highest BCUT2D eigenvalue weighted by atomic mass is 35.5. The Hall–Kier alpha value is -1.93. The summed E-state index contributed by atoms with van der Waals surface area (Å²) >= 11 is 0. The molecule has 23 heavy (non-hydrogen) atoms. The summed E-state index contributed by atoms with van der Waals surface area (Å²) in [4.78, 5) is 23.3. The molecule has 9 heteroatoms. The molecule has 1 aromatic carbocycles. The third kappa shape index (κ3) is 7.75. The van der Waals surface area contributed by atoms with E-state index in [0.29, 0.717) is 0 Å². The summed E-state index contributed by atoms with van der Waals surface area (Å²) < 4.78 is 28.4. The van der Waals surface area contributed by atoms with Gasteiger partial charge in [0, 0.05) is 11.8 Å². The highest BCUT2D eigenvalue weighted by Crippen LogP contribution is 2.19. The van der Waals surface area contributed by atoms with Crippen molar-refractivity contribution in [3.05, 3.63) is 24.3 Å². The zero-order chi connectivity index (χ0) is 16.7. The molecule has 1 atom stereocenters. The van der Waals surface area contributed by atoms with Gasteiger partial charge in [-0.3, -0.25) is 9.59 Å². The van der Waals surface area contributed by atoms with E-state index in [1.54, 1.807) is 13.8 Å². The summed E-state index contributed by atoms with van der Waals surface area (Å²) in [5.41, 5.74) is 5.92. The molecule has 0 aliphatic carbocycles. The van der Waals surface area contributed by atoms with E-state index in [1.165, 1.54) is 24.3 Å². The van der Waals surface area contributed by atoms with Crippen molar-refractivity contribution in [2.24, 2.45) is 11.7 Å². The average molecular weight is 352 g/mol. The second-order valence-corrected chi connectivity index (χ2v) is 4.94. The fourth-order valence-corrected chi connectivity index (χ4v) is 1.54. The van der Waals surface area contributed by atoms with Gasteiger partial charge in [0.2, 0.25) is 11.8 Å². The van der Waals surface area contributed by atoms with Crippen LogP contribution in [0.3, 0.4) is 0 Å². The number of alkyl halides is 2. The molecule has 0 radical (unpaired) electrons. The predicted octanol–water partition coefficient (Wildman–Crippen LogP) is 1.75. The molecule has 2 amide bonds. The highest BCUT2D eigenvalue weighted by molar-refractivity contribution is 5.95. The van der Waals surface area contributed by atoms with Gasteiger partial charge in [-0.25, -0.2) is 0 Å². The Labute approximate surface area is 139 Å². The van der Waals surface area contributed by atoms with E-state index in [4.69, 9.17) is 5.73 Å². The first kappa shape index (κ1) is 21.1. The first-order valence-electron chi connectivity index (χ1n) is 6.67. The Kier molecular flexibility index (Phi) is 9.12. The van der Waals surface area contributed by atoms with E-state index < -0.39 is 24.5 Å². The first-order chi connectivity index (χ1) is 10.3. The predicted molar refractivity (Wildman–Crippen MR) is 84.8 cm³/mol. The molecular weight excluding hydrogens is 332 g/mol. The monoisotopic (exact) mass is 351 g/mol. The minimum Gasteiger partial charge on any atom is -0.435 e. The summed E-state index contributed by atoms with van der Waals surface area (Å²) in [6, 6.07) is 4.87. The summed E-state index contributed by atoms with van der Waals surface area (Å²) in [5.74, 6) is -1.05. The molecule has 6 nitrogen and oxygen atoms in total. The average Bonchev–Trinajstić information content (AvgIpc) is 2.43. The van der Waals surface area contributed by atoms with E-state index in [1.807, 2.05) is 0 Å². The maximum Gasteiger partial charge on any atom is 0.387 e. The van der Waals surface area contributed by atoms with Crippen molar-refractivity contribution < 1.29 is 23.1 Å². The van der Waals surface area contributed by atoms with Crippen molar-refractivity contribution in [2.45, 2.75) is 26.5 Å². The summed E-state index contributed by atoms with van der Waals surface area (Å²) in [7, 11) is 0. The highest BCUT2D eigenvalue weighted by Gasteiger charge is 2.17. The Morgan fingerprint density at radius 3 is 2.52 bits per heavy atom. The van der Waals surface area contributed by atoms with Gasteiger partial charge in [0.15, 0.2) is 0 Å². The van der Waals surface area contributed by atoms with Crippen molar-refractivity contribution in [3.8, 4) is 5.75 Å². The van der Waals surface area contributed by atoms with Crippen LogP contribution in [0.1, 0.15) is 13.8 Å². The quantitative estimate of drug-likeness (QED) is 0.697. The zero-order valence-electron chi connectivity index (χ0n) is 12.7. The Morgan fingerprint density at radius 2 is 1.96 bits per heavy atom. The van der Waals surface area contributed by atoms with Crippen molar-refractivity contribution in [3.63, 3.8) is 0 Å². The molecule has 0 bridgehead atoms. The molecular formula is C14H20ClF2N3O3. The largest absolute Gasteiger partial charge is 0.435 e. The van der Waals surface area contributed by atoms with Crippen LogP contribution in [0.25, 0.3) is 0 Å². The molecule has 1 rings (SSSR count). The van der Waals surface area contributed by atoms with Crippen LogP contribution in [0.2, 0.25) is 0 Å². The second-order valence-electron chi connectivity index (χ2n) is 4.94. The van der Waals surface area contributed by atoms with E-state index in [2.05, 4.69) is 15.4 Å². The van der Waals surface area contributed by atoms with Gasteiger partial charge in [0.05, 0.1) is 12.6 Å². The minimum absolute atomic E-state index is 0. The fourth-order valence-electron chi connectivity index (χ4n) is 1.54. The Balaban J connectivity index is 0.00000484. The number of ether oxygens (including phenoxy) is 1. The lowest BCUT2D eigenvalue weighted by atomic mass is 10.1. The smallest absolute Gasteiger partial charge is 0.387 e. The maximum atomic E-state index is 12.1. The van der Waals surface area contributed by atoms with Crippen molar-refractivity contribution >= 4 is 29.9 Å². The number of amides is 2. The lowest BCUT2D eigenvalue weighted by Crippen LogP contribution is -2.46. The lowest BCUT2D eigenvalue weighted by molar-refractivity contribution is -0.125. The van der Waals surface area contributed by atoms with Crippen LogP contribution in [0.5, 0.6) is 5.75 Å². The number of carbonyl (C=O) groups is 2. The van der Waals surface area contributed by atoms with Crippen LogP contribution in [-0.2, 0) is 9.59 Å². The van der Waals surface area contributed by atoms with Gasteiger partial charge in [0.25, 0.3) is 0 Å². The molecule has 0 saturated carbocycles. The van der Waals surface area contributed by atoms with Crippen LogP contribution in [0.4, 0.5) is 14.5 Å². The Bertz CT molecular complexity index is 530. The molecule has 0 fully saturated rings. The number of nitrogens with one attached hydrogen (secondary N) is 2. The molecule has 0 heterocycles. The van der Waals surface area contributed by atoms with E-state index in [9.17, 15) is 18.4 Å². The maximum absolute atomic E-state index is 12.1. The van der Waals surface area contributed by atoms with E-state index >= 15 is 0 Å². The molecule has 1 aromatic rings. The number of hydrogen-bond donors (Lipinski definition) is 3. The number of hydrogen-bond acceptors (Lipinski definition) is 4. The number of carbonyl (C=O) groups excluding carboxylic acids is 2. The number of nitrogens with two attached hydrogens (primary N) is 1. The number of halogens is 3. The van der Waals surface area contributed by atoms with Crippen LogP contribution < -0.4 is 21.1 Å². The number of benzene rings is 1. The number of rotatable bonds is 7. The van der Waals surface area contributed by atoms with Gasteiger partial charge in [-0.2, -0.15) is 8.78 Å². The molecule has 0 aromatic heterocycles. The van der Waals surface area contributed by atoms with Crippen molar-refractivity contribution in [2.75, 3.05) is 11.9 Å². The van der Waals surface area contributed by atoms with Crippen LogP contribution in [-0.4, -0.2) is 31.0 Å². The van der Waals surface area contributed by atoms with Crippen LogP contribution in [0.15, 0.2) is 24.3 Å². The van der Waals surface area contributed by atoms with E-state index in [0.717, 1.165) is 0 Å². The van der Waals surface area contributed by atoms with Gasteiger partial charge in [0.1, 0.15) is 5.75 Å². The lowest BCUT2D eigenvalue weighted by Gasteiger charge is -2.15. The van der Waals surface area contributed by atoms with Crippen molar-refractivity contribution in [1.29, 1.82) is 0 Å². The van der Waals surface area contributed by atoms with Crippen LogP contribution >= 0.6 is 12.4 Å². The molecule has 0 spiro atoms. The third-order valence-electron chi connectivity index (χ3n) is 2.79. The van der Waals surface area contributed by atoms with Gasteiger partial charge < -0.3 is 21.1 Å². The summed E-state index contributed by atoms with van der Waals surface area (Å²) in [5, 5.41) is 4.86. The van der Waals surface area contributed by atoms with Gasteiger partial charge in [-0.05, 0) is 18.1 Å². The van der Waals surface area contributed by atoms with Crippen molar-refractivity contribution in [1.82, 2.24) is 5.32 Å². The topological polar surface area (TPSA) is 93.5 Å². The van der Waals surface area contributed by atoms with Gasteiger partial charge >= 0.3 is 6.61 Å². The zero-order valence-corrected chi connectivity index (χ0v) is 13.5. The molecule has 0 unspecified atom stereocenters. The molecule has 4 N–H and O–H groups in total. The molecule has 0 aliphatic rings. The second kappa shape index (κ2) is 9.96. The third-order valence-corrected chi connectivity index (χ3v) is 2.79. The van der Waals surface area contributed by atoms with Crippen LogP contribution in [0, 0.1) is 5.92 Å². The van der Waals surface area contributed by atoms with Gasteiger partial charge in [-0.15, -0.1) is 12.4 Å². The van der Waals surface area contributed by atoms with E-state index in [-0.39, 0.29) is 36.3 Å². The molecule has 0 aliphatic heterocycles.